The zero-order chi connectivity index (χ0) is 16.9. The predicted octanol–water partition coefficient (Wildman–Crippen LogP) is -2.15. The molecule has 1 aromatic heterocycles. The van der Waals surface area contributed by atoms with Crippen LogP contribution in [0.4, 0.5) is 0 Å². The van der Waals surface area contributed by atoms with Crippen LogP contribution in [0, 0.1) is 0 Å². The third-order valence-corrected chi connectivity index (χ3v) is 3.93. The van der Waals surface area contributed by atoms with Gasteiger partial charge in [-0.3, -0.25) is 0 Å². The molecule has 0 bridgehead atoms. The van der Waals surface area contributed by atoms with Crippen LogP contribution in [0.25, 0.3) is 0 Å². The van der Waals surface area contributed by atoms with Crippen molar-refractivity contribution in [3.8, 4) is 0 Å². The number of allylic oxidation sites excluding steroid dienone is 2. The molecule has 10 heteroatoms. The van der Waals surface area contributed by atoms with E-state index in [2.05, 4.69) is 13.2 Å². The minimum atomic E-state index is -4.24. The zero-order valence-corrected chi connectivity index (χ0v) is 13.0. The largest absolute Gasteiger partial charge is 0.492 e. The predicted molar refractivity (Wildman–Crippen MR) is 81.5 cm³/mol. The molecule has 122 valence electrons. The Hall–Kier alpha value is -2.01. The third-order valence-electron chi connectivity index (χ3n) is 2.90. The Kier molecular flexibility index (Phi) is 5.99. The first-order valence-corrected chi connectivity index (χ1v) is 8.61. The molecule has 0 saturated heterocycles. The van der Waals surface area contributed by atoms with Crippen molar-refractivity contribution in [1.29, 1.82) is 0 Å². The van der Waals surface area contributed by atoms with E-state index in [9.17, 15) is 14.4 Å². The molecule has 0 atom stereocenters. The Labute approximate surface area is 126 Å². The first-order valence-electron chi connectivity index (χ1n) is 6.56. The second-order valence-electron chi connectivity index (χ2n) is 4.68. The molecule has 0 aliphatic carbocycles. The van der Waals surface area contributed by atoms with Gasteiger partial charge in [-0.15, -0.1) is 13.2 Å². The van der Waals surface area contributed by atoms with Gasteiger partial charge in [-0.2, -0.15) is 0 Å². The van der Waals surface area contributed by atoms with Gasteiger partial charge < -0.3 is 14.4 Å². The van der Waals surface area contributed by atoms with Crippen molar-refractivity contribution >= 4 is 8.80 Å². The fourth-order valence-corrected chi connectivity index (χ4v) is 2.55. The Morgan fingerprint density at radius 1 is 0.864 bits per heavy atom. The molecule has 0 aliphatic rings. The second kappa shape index (κ2) is 7.31. The minimum Gasteiger partial charge on any atom is -0.390 e. The summed E-state index contributed by atoms with van der Waals surface area (Å²) in [5.41, 5.74) is -2.38. The Morgan fingerprint density at radius 3 is 1.64 bits per heavy atom. The molecule has 1 heterocycles. The molecule has 3 N–H and O–H groups in total. The van der Waals surface area contributed by atoms with Crippen LogP contribution in [-0.4, -0.2) is 36.9 Å². The molecule has 0 radical (unpaired) electrons. The van der Waals surface area contributed by atoms with Crippen molar-refractivity contribution < 1.29 is 14.4 Å². The van der Waals surface area contributed by atoms with E-state index >= 15 is 0 Å². The molecule has 22 heavy (non-hydrogen) atoms. The Bertz CT molecular complexity index is 676. The van der Waals surface area contributed by atoms with Crippen LogP contribution in [0.15, 0.2) is 39.7 Å². The highest BCUT2D eigenvalue weighted by atomic mass is 28.4. The first kappa shape index (κ1) is 18.0. The highest BCUT2D eigenvalue weighted by Crippen LogP contribution is 2.01. The summed E-state index contributed by atoms with van der Waals surface area (Å²) in [4.78, 5) is 63.3. The van der Waals surface area contributed by atoms with Gasteiger partial charge in [-0.25, -0.2) is 28.1 Å². The first-order chi connectivity index (χ1) is 10.2. The van der Waals surface area contributed by atoms with Crippen LogP contribution in [0.3, 0.4) is 0 Å². The number of rotatable bonds is 8. The third kappa shape index (κ3) is 4.24. The van der Waals surface area contributed by atoms with Crippen LogP contribution in [0.1, 0.15) is 6.42 Å². The van der Waals surface area contributed by atoms with E-state index in [1.165, 1.54) is 12.2 Å². The fourth-order valence-electron chi connectivity index (χ4n) is 1.92. The van der Waals surface area contributed by atoms with E-state index in [1.807, 2.05) is 0 Å². The van der Waals surface area contributed by atoms with Gasteiger partial charge in [0.1, 0.15) is 0 Å². The molecule has 0 fully saturated rings. The van der Waals surface area contributed by atoms with Gasteiger partial charge in [0, 0.05) is 12.6 Å². The maximum Gasteiger partial charge on any atom is 0.492 e. The van der Waals surface area contributed by atoms with Crippen LogP contribution < -0.4 is 17.1 Å². The number of hydrogen-bond donors (Lipinski definition) is 3. The van der Waals surface area contributed by atoms with Crippen LogP contribution in [-0.2, 0) is 19.6 Å². The van der Waals surface area contributed by atoms with E-state index in [0.717, 1.165) is 13.7 Å². The summed E-state index contributed by atoms with van der Waals surface area (Å²) >= 11 is 0. The standard InChI is InChI=1S/C12H19N3O6Si/c1-3-6-13-10(16)14(7-4-2)12(18)15(11(13)17)8-5-9-22(19,20)21/h3-4,19-21H,1-2,5-9H2. The smallest absolute Gasteiger partial charge is 0.390 e. The Balaban J connectivity index is 3.34. The molecule has 0 aliphatic heterocycles. The summed E-state index contributed by atoms with van der Waals surface area (Å²) in [6.07, 6.45) is 2.71. The maximum absolute atomic E-state index is 12.2. The van der Waals surface area contributed by atoms with Gasteiger partial charge in [0.15, 0.2) is 0 Å². The lowest BCUT2D eigenvalue weighted by Gasteiger charge is -2.13. The number of aromatic nitrogens is 3. The van der Waals surface area contributed by atoms with Gasteiger partial charge in [-0.1, -0.05) is 12.2 Å². The molecule has 0 saturated carbocycles. The summed E-state index contributed by atoms with van der Waals surface area (Å²) < 4.78 is 2.51. The maximum atomic E-state index is 12.2. The average Bonchev–Trinajstić information content (AvgIpc) is 2.42. The van der Waals surface area contributed by atoms with Crippen LogP contribution >= 0.6 is 0 Å². The van der Waals surface area contributed by atoms with Crippen molar-refractivity contribution in [3.05, 3.63) is 56.8 Å². The molecule has 9 nitrogen and oxygen atoms in total. The SMILES string of the molecule is C=CCn1c(=O)n(CC=C)c(=O)n(CCC[Si](O)(O)O)c1=O. The molecular weight excluding hydrogens is 310 g/mol. The summed E-state index contributed by atoms with van der Waals surface area (Å²) in [7, 11) is -4.24. The summed E-state index contributed by atoms with van der Waals surface area (Å²) in [6.45, 7) is 6.63. The monoisotopic (exact) mass is 329 g/mol. The van der Waals surface area contributed by atoms with Gasteiger partial charge in [0.05, 0.1) is 13.1 Å². The number of nitrogens with zero attached hydrogens (tertiary/aromatic N) is 3. The summed E-state index contributed by atoms with van der Waals surface area (Å²) in [5.74, 6) is 0. The lowest BCUT2D eigenvalue weighted by Crippen LogP contribution is -2.54. The molecule has 0 aromatic carbocycles. The topological polar surface area (TPSA) is 127 Å². The van der Waals surface area contributed by atoms with E-state index in [-0.39, 0.29) is 32.1 Å². The minimum absolute atomic E-state index is 0.00521. The highest BCUT2D eigenvalue weighted by molar-refractivity contribution is 6.56. The van der Waals surface area contributed by atoms with E-state index in [4.69, 9.17) is 14.4 Å². The van der Waals surface area contributed by atoms with Crippen molar-refractivity contribution in [2.45, 2.75) is 32.1 Å². The van der Waals surface area contributed by atoms with Crippen LogP contribution in [0.5, 0.6) is 0 Å². The quantitative estimate of drug-likeness (QED) is 0.369. The lowest BCUT2D eigenvalue weighted by atomic mass is 10.4. The number of hydrogen-bond acceptors (Lipinski definition) is 6. The molecule has 1 rings (SSSR count). The average molecular weight is 329 g/mol. The molecule has 0 amide bonds. The van der Waals surface area contributed by atoms with Gasteiger partial charge in [0.25, 0.3) is 0 Å². The second-order valence-corrected chi connectivity index (χ2v) is 6.72. The van der Waals surface area contributed by atoms with E-state index in [1.54, 1.807) is 0 Å². The lowest BCUT2D eigenvalue weighted by molar-refractivity contribution is 0.225. The normalized spacial score (nSPS) is 11.4. The molecule has 0 spiro atoms. The highest BCUT2D eigenvalue weighted by Gasteiger charge is 2.26. The molecule has 0 unspecified atom stereocenters. The zero-order valence-electron chi connectivity index (χ0n) is 12.0. The molecular formula is C12H19N3O6Si. The van der Waals surface area contributed by atoms with E-state index < -0.39 is 25.9 Å². The van der Waals surface area contributed by atoms with Crippen LogP contribution in [0.2, 0.25) is 6.04 Å². The summed E-state index contributed by atoms with van der Waals surface area (Å²) in [6, 6.07) is -0.319. The van der Waals surface area contributed by atoms with Crippen molar-refractivity contribution in [1.82, 2.24) is 13.7 Å². The van der Waals surface area contributed by atoms with Crippen molar-refractivity contribution in [2.24, 2.45) is 0 Å². The van der Waals surface area contributed by atoms with Gasteiger partial charge >= 0.3 is 25.9 Å². The summed E-state index contributed by atoms with van der Waals surface area (Å²) in [5, 5.41) is 0. The van der Waals surface area contributed by atoms with E-state index in [0.29, 0.717) is 0 Å². The Morgan fingerprint density at radius 2 is 1.27 bits per heavy atom. The fraction of sp³-hybridized carbons (Fsp3) is 0.417. The van der Waals surface area contributed by atoms with Crippen molar-refractivity contribution in [2.75, 3.05) is 0 Å². The molecule has 1 aromatic rings. The van der Waals surface area contributed by atoms with Gasteiger partial charge in [-0.05, 0) is 6.42 Å². The van der Waals surface area contributed by atoms with Crippen molar-refractivity contribution in [3.63, 3.8) is 0 Å². The van der Waals surface area contributed by atoms with Gasteiger partial charge in [0.2, 0.25) is 0 Å².